The number of nitrogens with zero attached hydrogens (tertiary/aromatic N) is 3. The van der Waals surface area contributed by atoms with Crippen molar-refractivity contribution in [2.24, 2.45) is 0 Å². The highest BCUT2D eigenvalue weighted by molar-refractivity contribution is 6.10. The largest absolute Gasteiger partial charge is 0.327 e. The first-order valence-electron chi connectivity index (χ1n) is 9.06. The van der Waals surface area contributed by atoms with E-state index >= 15 is 0 Å². The Morgan fingerprint density at radius 1 is 1.15 bits per heavy atom. The topological polar surface area (TPSA) is 60.9 Å². The molecule has 1 spiro atoms. The molecule has 0 N–H and O–H groups in total. The van der Waals surface area contributed by atoms with Crippen LogP contribution in [0.15, 0.2) is 24.3 Å². The molecule has 0 unspecified atom stereocenters. The van der Waals surface area contributed by atoms with Gasteiger partial charge in [0.15, 0.2) is 0 Å². The maximum Gasteiger partial charge on any atom is 0.327 e. The molecule has 2 fully saturated rings. The molecular formula is C19H24FN3O3. The number of rotatable bonds is 4. The fourth-order valence-corrected chi connectivity index (χ4v) is 4.02. The van der Waals surface area contributed by atoms with E-state index in [0.29, 0.717) is 25.1 Å². The molecule has 0 atom stereocenters. The van der Waals surface area contributed by atoms with Crippen molar-refractivity contribution in [1.82, 2.24) is 9.80 Å². The van der Waals surface area contributed by atoms with Crippen LogP contribution in [0.1, 0.15) is 39.0 Å². The molecule has 3 rings (SSSR count). The van der Waals surface area contributed by atoms with E-state index in [1.807, 2.05) is 0 Å². The molecule has 140 valence electrons. The van der Waals surface area contributed by atoms with Crippen molar-refractivity contribution in [3.8, 4) is 0 Å². The Morgan fingerprint density at radius 3 is 2.35 bits per heavy atom. The lowest BCUT2D eigenvalue weighted by atomic mass is 9.81. The van der Waals surface area contributed by atoms with E-state index < -0.39 is 11.6 Å². The summed E-state index contributed by atoms with van der Waals surface area (Å²) in [6, 6.07) is 5.17. The number of imide groups is 1. The summed E-state index contributed by atoms with van der Waals surface area (Å²) in [7, 11) is 1.65. The molecule has 1 aromatic carbocycles. The first-order valence-corrected chi connectivity index (χ1v) is 9.06. The molecule has 2 aliphatic rings. The third kappa shape index (κ3) is 2.95. The summed E-state index contributed by atoms with van der Waals surface area (Å²) in [6.07, 6.45) is 4.16. The van der Waals surface area contributed by atoms with Crippen LogP contribution in [0.25, 0.3) is 0 Å². The molecule has 4 amide bonds. The van der Waals surface area contributed by atoms with E-state index in [-0.39, 0.29) is 24.2 Å². The van der Waals surface area contributed by atoms with Gasteiger partial charge in [-0.05, 0) is 44.0 Å². The van der Waals surface area contributed by atoms with Crippen LogP contribution in [0.4, 0.5) is 14.9 Å². The highest BCUT2D eigenvalue weighted by Gasteiger charge is 2.55. The standard InChI is InChI=1S/C19H24FN3O3/c1-3-22(15-9-7-14(20)8-10-15)16(24)13-23-17(25)19(21(2)18(23)26)11-5-4-6-12-19/h7-10H,3-6,11-13H2,1-2H3. The predicted octanol–water partition coefficient (Wildman–Crippen LogP) is 2.78. The fraction of sp³-hybridized carbons (Fsp3) is 0.526. The number of urea groups is 1. The molecule has 7 heteroatoms. The van der Waals surface area contributed by atoms with E-state index in [2.05, 4.69) is 0 Å². The molecule has 1 aliphatic carbocycles. The SMILES string of the molecule is CCN(C(=O)CN1C(=O)N(C)C2(CCCCC2)C1=O)c1ccc(F)cc1. The van der Waals surface area contributed by atoms with Gasteiger partial charge in [-0.3, -0.25) is 14.5 Å². The molecule has 1 aliphatic heterocycles. The second-order valence-electron chi connectivity index (χ2n) is 6.94. The van der Waals surface area contributed by atoms with Crippen LogP contribution >= 0.6 is 0 Å². The summed E-state index contributed by atoms with van der Waals surface area (Å²) in [5.74, 6) is -1.02. The number of benzene rings is 1. The molecule has 26 heavy (non-hydrogen) atoms. The third-order valence-corrected chi connectivity index (χ3v) is 5.53. The number of hydrogen-bond acceptors (Lipinski definition) is 3. The van der Waals surface area contributed by atoms with Crippen molar-refractivity contribution in [3.05, 3.63) is 30.1 Å². The van der Waals surface area contributed by atoms with Gasteiger partial charge in [0.05, 0.1) is 0 Å². The van der Waals surface area contributed by atoms with Crippen molar-refractivity contribution >= 4 is 23.5 Å². The van der Waals surface area contributed by atoms with Gasteiger partial charge in [-0.25, -0.2) is 9.18 Å². The van der Waals surface area contributed by atoms with Crippen LogP contribution in [0.3, 0.4) is 0 Å². The van der Waals surface area contributed by atoms with Crippen LogP contribution in [-0.4, -0.2) is 53.3 Å². The zero-order chi connectivity index (χ0) is 18.9. The maximum absolute atomic E-state index is 13.1. The molecule has 0 aromatic heterocycles. The summed E-state index contributed by atoms with van der Waals surface area (Å²) in [5.41, 5.74) is -0.249. The van der Waals surface area contributed by atoms with Gasteiger partial charge >= 0.3 is 6.03 Å². The van der Waals surface area contributed by atoms with Crippen molar-refractivity contribution in [1.29, 1.82) is 0 Å². The monoisotopic (exact) mass is 361 g/mol. The van der Waals surface area contributed by atoms with Crippen LogP contribution in [0.5, 0.6) is 0 Å². The quantitative estimate of drug-likeness (QED) is 0.775. The lowest BCUT2D eigenvalue weighted by Gasteiger charge is -2.35. The summed E-state index contributed by atoms with van der Waals surface area (Å²) in [6.45, 7) is 1.86. The van der Waals surface area contributed by atoms with E-state index in [1.165, 1.54) is 34.1 Å². The Labute approximate surface area is 152 Å². The average molecular weight is 361 g/mol. The highest BCUT2D eigenvalue weighted by Crippen LogP contribution is 2.39. The average Bonchev–Trinajstić information content (AvgIpc) is 2.81. The number of halogens is 1. The van der Waals surface area contributed by atoms with Crippen molar-refractivity contribution < 1.29 is 18.8 Å². The van der Waals surface area contributed by atoms with Gasteiger partial charge in [-0.2, -0.15) is 0 Å². The molecule has 0 radical (unpaired) electrons. The number of amides is 4. The fourth-order valence-electron chi connectivity index (χ4n) is 4.02. The normalized spacial score (nSPS) is 19.3. The molecular weight excluding hydrogens is 337 g/mol. The van der Waals surface area contributed by atoms with Gasteiger partial charge < -0.3 is 9.80 Å². The van der Waals surface area contributed by atoms with Crippen molar-refractivity contribution in [3.63, 3.8) is 0 Å². The maximum atomic E-state index is 13.1. The third-order valence-electron chi connectivity index (χ3n) is 5.53. The van der Waals surface area contributed by atoms with Crippen LogP contribution in [-0.2, 0) is 9.59 Å². The zero-order valence-electron chi connectivity index (χ0n) is 15.2. The first kappa shape index (κ1) is 18.4. The summed E-state index contributed by atoms with van der Waals surface area (Å²) in [4.78, 5) is 42.4. The molecule has 0 bridgehead atoms. The van der Waals surface area contributed by atoms with Gasteiger partial charge in [0.25, 0.3) is 5.91 Å². The Bertz CT molecular complexity index is 713. The van der Waals surface area contributed by atoms with E-state index in [9.17, 15) is 18.8 Å². The minimum absolute atomic E-state index is 0.270. The van der Waals surface area contributed by atoms with Gasteiger partial charge in [-0.15, -0.1) is 0 Å². The van der Waals surface area contributed by atoms with Gasteiger partial charge in [0, 0.05) is 19.3 Å². The Hall–Kier alpha value is -2.44. The number of likely N-dealkylation sites (N-methyl/N-ethyl adjacent to an activating group) is 2. The molecule has 1 saturated carbocycles. The van der Waals surface area contributed by atoms with Crippen molar-refractivity contribution in [2.75, 3.05) is 25.0 Å². The summed E-state index contributed by atoms with van der Waals surface area (Å²) < 4.78 is 13.1. The second kappa shape index (κ2) is 7.05. The van der Waals surface area contributed by atoms with E-state index in [4.69, 9.17) is 0 Å². The number of hydrogen-bond donors (Lipinski definition) is 0. The Morgan fingerprint density at radius 2 is 1.77 bits per heavy atom. The minimum atomic E-state index is -0.789. The Balaban J connectivity index is 1.78. The number of carbonyl (C=O) groups excluding carboxylic acids is 3. The van der Waals surface area contributed by atoms with Crippen LogP contribution < -0.4 is 4.90 Å². The number of carbonyl (C=O) groups is 3. The van der Waals surface area contributed by atoms with Crippen molar-refractivity contribution in [2.45, 2.75) is 44.6 Å². The molecule has 1 aromatic rings. The molecule has 6 nitrogen and oxygen atoms in total. The predicted molar refractivity (Wildman–Crippen MR) is 95.1 cm³/mol. The van der Waals surface area contributed by atoms with Crippen LogP contribution in [0, 0.1) is 5.82 Å². The lowest BCUT2D eigenvalue weighted by Crippen LogP contribution is -2.49. The molecule has 1 saturated heterocycles. The van der Waals surface area contributed by atoms with Gasteiger partial charge in [-0.1, -0.05) is 19.3 Å². The summed E-state index contributed by atoms with van der Waals surface area (Å²) >= 11 is 0. The van der Waals surface area contributed by atoms with Gasteiger partial charge in [0.1, 0.15) is 17.9 Å². The smallest absolute Gasteiger partial charge is 0.313 e. The van der Waals surface area contributed by atoms with E-state index in [0.717, 1.165) is 24.2 Å². The molecule has 1 heterocycles. The highest BCUT2D eigenvalue weighted by atomic mass is 19.1. The number of anilines is 1. The Kier molecular flexibility index (Phi) is 4.98. The lowest BCUT2D eigenvalue weighted by molar-refractivity contribution is -0.136. The first-order chi connectivity index (χ1) is 12.4. The van der Waals surface area contributed by atoms with Crippen LogP contribution in [0.2, 0.25) is 0 Å². The van der Waals surface area contributed by atoms with E-state index in [1.54, 1.807) is 14.0 Å². The second-order valence-corrected chi connectivity index (χ2v) is 6.94. The zero-order valence-corrected chi connectivity index (χ0v) is 15.2. The minimum Gasteiger partial charge on any atom is -0.313 e. The van der Waals surface area contributed by atoms with Gasteiger partial charge in [0.2, 0.25) is 5.91 Å². The summed E-state index contributed by atoms with van der Waals surface area (Å²) in [5, 5.41) is 0.